The molecule has 2 aromatic carbocycles. The van der Waals surface area contributed by atoms with Gasteiger partial charge in [-0.25, -0.2) is 12.8 Å². The Bertz CT molecular complexity index is 1000. The summed E-state index contributed by atoms with van der Waals surface area (Å²) in [6.45, 7) is 0. The number of benzene rings is 2. The minimum absolute atomic E-state index is 0.0140. The van der Waals surface area contributed by atoms with E-state index >= 15 is 0 Å². The van der Waals surface area contributed by atoms with E-state index in [0.717, 1.165) is 5.41 Å². The molecule has 3 rings (SSSR count). The first kappa shape index (κ1) is 19.9. The number of sulfone groups is 1. The Kier molecular flexibility index (Phi) is 5.69. The molecular formula is C20H20FNO5S. The van der Waals surface area contributed by atoms with Gasteiger partial charge in [0.05, 0.1) is 38.1 Å². The highest BCUT2D eigenvalue weighted by molar-refractivity contribution is 7.94. The number of rotatable bonds is 6. The van der Waals surface area contributed by atoms with Gasteiger partial charge in [-0.05, 0) is 35.9 Å². The SMILES string of the molecule is COc1ccc(N(C(=O)Cc2ccc(F)cc2)C2C=CS(=O)(=O)C2)c(OC)c1. The zero-order valence-electron chi connectivity index (χ0n) is 15.5. The van der Waals surface area contributed by atoms with Gasteiger partial charge in [0.15, 0.2) is 9.84 Å². The number of carbonyl (C=O) groups excluding carboxylic acids is 1. The lowest BCUT2D eigenvalue weighted by Crippen LogP contribution is -2.42. The molecule has 8 heteroatoms. The van der Waals surface area contributed by atoms with Crippen molar-refractivity contribution in [3.05, 3.63) is 65.3 Å². The zero-order valence-corrected chi connectivity index (χ0v) is 16.3. The second-order valence-corrected chi connectivity index (χ2v) is 8.26. The summed E-state index contributed by atoms with van der Waals surface area (Å²) >= 11 is 0. The molecule has 1 aliphatic rings. The first-order valence-electron chi connectivity index (χ1n) is 8.52. The maximum absolute atomic E-state index is 13.1. The van der Waals surface area contributed by atoms with Gasteiger partial charge < -0.3 is 14.4 Å². The van der Waals surface area contributed by atoms with Crippen LogP contribution in [0.5, 0.6) is 11.5 Å². The Labute approximate surface area is 163 Å². The first-order valence-corrected chi connectivity index (χ1v) is 10.2. The minimum atomic E-state index is -3.38. The predicted molar refractivity (Wildman–Crippen MR) is 104 cm³/mol. The van der Waals surface area contributed by atoms with E-state index < -0.39 is 21.7 Å². The van der Waals surface area contributed by atoms with Crippen LogP contribution in [0.4, 0.5) is 10.1 Å². The van der Waals surface area contributed by atoms with E-state index in [4.69, 9.17) is 9.47 Å². The number of anilines is 1. The van der Waals surface area contributed by atoms with Crippen LogP contribution < -0.4 is 14.4 Å². The number of methoxy groups -OCH3 is 2. The molecule has 0 aliphatic carbocycles. The lowest BCUT2D eigenvalue weighted by molar-refractivity contribution is -0.118. The molecule has 1 unspecified atom stereocenters. The Morgan fingerprint density at radius 2 is 1.86 bits per heavy atom. The standard InChI is InChI=1S/C20H20FNO5S/c1-26-17-7-8-18(19(12-17)27-2)22(16-9-10-28(24,25)13-16)20(23)11-14-3-5-15(21)6-4-14/h3-10,12,16H,11,13H2,1-2H3. The van der Waals surface area contributed by atoms with Gasteiger partial charge in [0.2, 0.25) is 5.91 Å². The van der Waals surface area contributed by atoms with E-state index in [9.17, 15) is 17.6 Å². The van der Waals surface area contributed by atoms with Crippen molar-refractivity contribution >= 4 is 21.4 Å². The van der Waals surface area contributed by atoms with E-state index in [2.05, 4.69) is 0 Å². The summed E-state index contributed by atoms with van der Waals surface area (Å²) in [5, 5.41) is 1.12. The molecule has 148 valence electrons. The summed E-state index contributed by atoms with van der Waals surface area (Å²) in [6, 6.07) is 9.89. The van der Waals surface area contributed by atoms with Crippen molar-refractivity contribution in [3.63, 3.8) is 0 Å². The summed E-state index contributed by atoms with van der Waals surface area (Å²) in [7, 11) is -0.410. The van der Waals surface area contributed by atoms with Crippen molar-refractivity contribution in [2.75, 3.05) is 24.9 Å². The number of halogens is 1. The molecule has 6 nitrogen and oxygen atoms in total. The van der Waals surface area contributed by atoms with Crippen LogP contribution in [0.25, 0.3) is 0 Å². The fourth-order valence-corrected chi connectivity index (χ4v) is 4.33. The third-order valence-electron chi connectivity index (χ3n) is 4.43. The van der Waals surface area contributed by atoms with Gasteiger partial charge in [-0.1, -0.05) is 12.1 Å². The van der Waals surface area contributed by atoms with Crippen molar-refractivity contribution < 1.29 is 27.1 Å². The van der Waals surface area contributed by atoms with E-state index in [-0.39, 0.29) is 18.1 Å². The van der Waals surface area contributed by atoms with Crippen LogP contribution in [0.15, 0.2) is 53.9 Å². The lowest BCUT2D eigenvalue weighted by atomic mass is 10.1. The zero-order chi connectivity index (χ0) is 20.3. The average molecular weight is 405 g/mol. The monoisotopic (exact) mass is 405 g/mol. The number of ether oxygens (including phenoxy) is 2. The number of amides is 1. The molecule has 0 spiro atoms. The molecule has 1 atom stereocenters. The predicted octanol–water partition coefficient (Wildman–Crippen LogP) is 2.73. The van der Waals surface area contributed by atoms with Gasteiger partial charge in [-0.3, -0.25) is 4.79 Å². The maximum Gasteiger partial charge on any atom is 0.232 e. The normalized spacial score (nSPS) is 17.3. The Hall–Kier alpha value is -2.87. The highest BCUT2D eigenvalue weighted by Gasteiger charge is 2.33. The van der Waals surface area contributed by atoms with Crippen molar-refractivity contribution in [3.8, 4) is 11.5 Å². The molecule has 0 N–H and O–H groups in total. The van der Waals surface area contributed by atoms with Gasteiger partial charge >= 0.3 is 0 Å². The van der Waals surface area contributed by atoms with Crippen molar-refractivity contribution in [2.45, 2.75) is 12.5 Å². The highest BCUT2D eigenvalue weighted by atomic mass is 32.2. The van der Waals surface area contributed by atoms with E-state index in [1.165, 1.54) is 49.5 Å². The summed E-state index contributed by atoms with van der Waals surface area (Å²) in [4.78, 5) is 14.5. The van der Waals surface area contributed by atoms with Crippen molar-refractivity contribution in [1.82, 2.24) is 0 Å². The van der Waals surface area contributed by atoms with Gasteiger partial charge in [-0.2, -0.15) is 0 Å². The minimum Gasteiger partial charge on any atom is -0.497 e. The summed E-state index contributed by atoms with van der Waals surface area (Å²) in [6.07, 6.45) is 1.47. The average Bonchev–Trinajstić information content (AvgIpc) is 3.03. The first-order chi connectivity index (χ1) is 13.3. The van der Waals surface area contributed by atoms with E-state index in [1.807, 2.05) is 0 Å². The molecule has 0 fully saturated rings. The molecule has 1 amide bonds. The fourth-order valence-electron chi connectivity index (χ4n) is 3.06. The molecule has 1 aliphatic heterocycles. The highest BCUT2D eigenvalue weighted by Crippen LogP contribution is 2.35. The topological polar surface area (TPSA) is 72.9 Å². The van der Waals surface area contributed by atoms with Gasteiger partial charge in [0.25, 0.3) is 0 Å². The Morgan fingerprint density at radius 3 is 2.43 bits per heavy atom. The van der Waals surface area contributed by atoms with Crippen molar-refractivity contribution in [1.29, 1.82) is 0 Å². The van der Waals surface area contributed by atoms with E-state index in [1.54, 1.807) is 18.2 Å². The van der Waals surface area contributed by atoms with Crippen LogP contribution >= 0.6 is 0 Å². The molecule has 0 bridgehead atoms. The van der Waals surface area contributed by atoms with Crippen molar-refractivity contribution in [2.24, 2.45) is 0 Å². The molecular weight excluding hydrogens is 385 g/mol. The Morgan fingerprint density at radius 1 is 1.14 bits per heavy atom. The molecule has 0 aromatic heterocycles. The van der Waals surface area contributed by atoms with E-state index in [0.29, 0.717) is 22.7 Å². The smallest absolute Gasteiger partial charge is 0.232 e. The van der Waals surface area contributed by atoms with Gasteiger partial charge in [-0.15, -0.1) is 0 Å². The van der Waals surface area contributed by atoms with Crippen LogP contribution in [-0.4, -0.2) is 40.3 Å². The molecule has 28 heavy (non-hydrogen) atoms. The van der Waals surface area contributed by atoms with Crippen LogP contribution in [-0.2, 0) is 21.1 Å². The molecule has 0 saturated carbocycles. The summed E-state index contributed by atoms with van der Waals surface area (Å²) < 4.78 is 47.6. The number of hydrogen-bond acceptors (Lipinski definition) is 5. The number of carbonyl (C=O) groups is 1. The summed E-state index contributed by atoms with van der Waals surface area (Å²) in [5.41, 5.74) is 1.05. The van der Waals surface area contributed by atoms with Crippen LogP contribution in [0.2, 0.25) is 0 Å². The molecule has 0 saturated heterocycles. The number of nitrogens with zero attached hydrogens (tertiary/aromatic N) is 1. The van der Waals surface area contributed by atoms with Gasteiger partial charge in [0.1, 0.15) is 17.3 Å². The largest absolute Gasteiger partial charge is 0.497 e. The molecule has 2 aromatic rings. The molecule has 1 heterocycles. The van der Waals surface area contributed by atoms with Gasteiger partial charge in [0, 0.05) is 11.5 Å². The Balaban J connectivity index is 1.99. The maximum atomic E-state index is 13.1. The second-order valence-electron chi connectivity index (χ2n) is 6.33. The second kappa shape index (κ2) is 8.02. The number of hydrogen-bond donors (Lipinski definition) is 0. The third kappa shape index (κ3) is 4.33. The molecule has 0 radical (unpaired) electrons. The lowest BCUT2D eigenvalue weighted by Gasteiger charge is -2.29. The van der Waals surface area contributed by atoms with Crippen LogP contribution in [0.1, 0.15) is 5.56 Å². The van der Waals surface area contributed by atoms with Crippen LogP contribution in [0.3, 0.4) is 0 Å². The fraction of sp³-hybridized carbons (Fsp3) is 0.250. The third-order valence-corrected chi connectivity index (χ3v) is 5.80. The summed E-state index contributed by atoms with van der Waals surface area (Å²) in [5.74, 6) is -0.0145. The quantitative estimate of drug-likeness (QED) is 0.739. The van der Waals surface area contributed by atoms with Crippen LogP contribution in [0, 0.1) is 5.82 Å².